The van der Waals surface area contributed by atoms with E-state index in [1.165, 1.54) is 13.8 Å². The van der Waals surface area contributed by atoms with Crippen LogP contribution in [0.1, 0.15) is 33.6 Å². The lowest BCUT2D eigenvalue weighted by atomic mass is 9.98. The van der Waals surface area contributed by atoms with E-state index in [-0.39, 0.29) is 0 Å². The Hall–Kier alpha value is -0.810. The average Bonchev–Trinajstić information content (AvgIpc) is 2.02. The van der Waals surface area contributed by atoms with Crippen LogP contribution in [0.25, 0.3) is 0 Å². The third-order valence-corrected chi connectivity index (χ3v) is 1.90. The molecule has 2 nitrogen and oxygen atoms in total. The number of nitrogens with one attached hydrogen (secondary N) is 1. The zero-order valence-corrected chi connectivity index (χ0v) is 8.91. The number of hydrogen-bond acceptors (Lipinski definition) is 1. The van der Waals surface area contributed by atoms with Gasteiger partial charge in [-0.25, -0.2) is 8.78 Å². The van der Waals surface area contributed by atoms with Crippen LogP contribution in [0.15, 0.2) is 0 Å². The largest absolute Gasteiger partial charge is 0.383 e. The highest BCUT2D eigenvalue weighted by Gasteiger charge is 2.50. The monoisotopic (exact) mass is 229 g/mol. The molecule has 0 aromatic carbocycles. The van der Waals surface area contributed by atoms with Gasteiger partial charge in [0.25, 0.3) is 5.91 Å². The molecule has 0 aliphatic carbocycles. The number of hydrogen-bond donors (Lipinski definition) is 1. The van der Waals surface area contributed by atoms with E-state index >= 15 is 0 Å². The molecule has 0 rings (SSSR count). The van der Waals surface area contributed by atoms with E-state index in [1.807, 2.05) is 5.32 Å². The fourth-order valence-corrected chi connectivity index (χ4v) is 1.18. The van der Waals surface area contributed by atoms with Gasteiger partial charge in [-0.2, -0.15) is 8.78 Å². The van der Waals surface area contributed by atoms with Crippen LogP contribution >= 0.6 is 0 Å². The first-order valence-electron chi connectivity index (χ1n) is 4.62. The topological polar surface area (TPSA) is 29.1 Å². The second kappa shape index (κ2) is 4.81. The molecule has 0 fully saturated rings. The van der Waals surface area contributed by atoms with E-state index in [0.29, 0.717) is 12.8 Å². The summed E-state index contributed by atoms with van der Waals surface area (Å²) in [5, 5.41) is 1.91. The number of halogens is 4. The van der Waals surface area contributed by atoms with Gasteiger partial charge in [-0.1, -0.05) is 13.3 Å². The van der Waals surface area contributed by atoms with Gasteiger partial charge < -0.3 is 5.32 Å². The van der Waals surface area contributed by atoms with E-state index in [0.717, 1.165) is 0 Å². The van der Waals surface area contributed by atoms with Crippen molar-refractivity contribution in [2.24, 2.45) is 0 Å². The molecule has 0 saturated heterocycles. The molecular formula is C9H15F4NO. The van der Waals surface area contributed by atoms with Crippen molar-refractivity contribution in [1.29, 1.82) is 0 Å². The van der Waals surface area contributed by atoms with Gasteiger partial charge in [0, 0.05) is 5.54 Å². The minimum absolute atomic E-state index is 0.443. The predicted molar refractivity (Wildman–Crippen MR) is 48.1 cm³/mol. The lowest BCUT2D eigenvalue weighted by Crippen LogP contribution is -2.53. The van der Waals surface area contributed by atoms with Gasteiger partial charge in [-0.3, -0.25) is 4.79 Å². The Bertz CT molecular complexity index is 228. The van der Waals surface area contributed by atoms with E-state index in [2.05, 4.69) is 0 Å². The molecule has 0 spiro atoms. The van der Waals surface area contributed by atoms with Gasteiger partial charge in [-0.05, 0) is 20.3 Å². The van der Waals surface area contributed by atoms with Crippen LogP contribution in [-0.2, 0) is 4.79 Å². The van der Waals surface area contributed by atoms with E-state index < -0.39 is 23.8 Å². The quantitative estimate of drug-likeness (QED) is 0.721. The summed E-state index contributed by atoms with van der Waals surface area (Å²) in [6.45, 7) is 4.82. The van der Waals surface area contributed by atoms with Gasteiger partial charge in [0.15, 0.2) is 0 Å². The minimum atomic E-state index is -4.62. The van der Waals surface area contributed by atoms with Crippen LogP contribution in [-0.4, -0.2) is 23.8 Å². The fraction of sp³-hybridized carbons (Fsp3) is 0.889. The van der Waals surface area contributed by atoms with Crippen LogP contribution in [0.4, 0.5) is 17.6 Å². The van der Waals surface area contributed by atoms with E-state index in [4.69, 9.17) is 0 Å². The Morgan fingerprint density at radius 2 is 1.80 bits per heavy atom. The molecule has 0 bridgehead atoms. The van der Waals surface area contributed by atoms with Crippen molar-refractivity contribution < 1.29 is 22.4 Å². The summed E-state index contributed by atoms with van der Waals surface area (Å²) < 4.78 is 48.7. The summed E-state index contributed by atoms with van der Waals surface area (Å²) in [7, 11) is 0. The normalized spacial score (nSPS) is 13.1. The highest BCUT2D eigenvalue weighted by atomic mass is 19.3. The maximum Gasteiger partial charge on any atom is 0.383 e. The molecule has 0 unspecified atom stereocenters. The molecule has 0 aromatic heterocycles. The van der Waals surface area contributed by atoms with Gasteiger partial charge >= 0.3 is 12.3 Å². The number of carbonyl (C=O) groups is 1. The lowest BCUT2D eigenvalue weighted by Gasteiger charge is -2.28. The van der Waals surface area contributed by atoms with Crippen molar-refractivity contribution in [1.82, 2.24) is 5.32 Å². The maximum absolute atomic E-state index is 12.5. The molecule has 0 heterocycles. The Kier molecular flexibility index (Phi) is 4.55. The van der Waals surface area contributed by atoms with Gasteiger partial charge in [0.05, 0.1) is 0 Å². The van der Waals surface area contributed by atoms with Gasteiger partial charge in [0.1, 0.15) is 0 Å². The molecule has 0 aliphatic heterocycles. The Morgan fingerprint density at radius 3 is 2.13 bits per heavy atom. The van der Waals surface area contributed by atoms with Crippen molar-refractivity contribution in [3.05, 3.63) is 0 Å². The Labute approximate surface area is 86.0 Å². The molecule has 1 amide bonds. The highest BCUT2D eigenvalue weighted by Crippen LogP contribution is 2.24. The number of alkyl halides is 4. The SMILES string of the molecule is CCCC(C)(C)NC(=O)C(F)(F)C(F)F. The van der Waals surface area contributed by atoms with E-state index in [1.54, 1.807) is 6.92 Å². The molecule has 0 radical (unpaired) electrons. The third-order valence-electron chi connectivity index (χ3n) is 1.90. The molecule has 15 heavy (non-hydrogen) atoms. The zero-order valence-electron chi connectivity index (χ0n) is 8.91. The first-order valence-corrected chi connectivity index (χ1v) is 4.62. The van der Waals surface area contributed by atoms with Crippen LogP contribution in [0.5, 0.6) is 0 Å². The van der Waals surface area contributed by atoms with E-state index in [9.17, 15) is 22.4 Å². The second-order valence-corrected chi connectivity index (χ2v) is 4.01. The third kappa shape index (κ3) is 4.05. The summed E-state index contributed by atoms with van der Waals surface area (Å²) in [5.74, 6) is -6.54. The van der Waals surface area contributed by atoms with Gasteiger partial charge in [-0.15, -0.1) is 0 Å². The van der Waals surface area contributed by atoms with Crippen LogP contribution in [0, 0.1) is 0 Å². The Morgan fingerprint density at radius 1 is 1.33 bits per heavy atom. The minimum Gasteiger partial charge on any atom is -0.346 e. The number of rotatable bonds is 5. The first-order chi connectivity index (χ1) is 6.63. The van der Waals surface area contributed by atoms with Crippen molar-refractivity contribution >= 4 is 5.91 Å². The number of carbonyl (C=O) groups excluding carboxylic acids is 1. The molecular weight excluding hydrogens is 214 g/mol. The summed E-state index contributed by atoms with van der Waals surface area (Å²) in [4.78, 5) is 10.9. The van der Waals surface area contributed by atoms with Gasteiger partial charge in [0.2, 0.25) is 0 Å². The standard InChI is InChI=1S/C9H15F4NO/c1-4-5-8(2,3)14-7(15)9(12,13)6(10)11/h6H,4-5H2,1-3H3,(H,14,15). The van der Waals surface area contributed by atoms with Crippen LogP contribution in [0.3, 0.4) is 0 Å². The summed E-state index contributed by atoms with van der Waals surface area (Å²) in [6.07, 6.45) is -2.87. The predicted octanol–water partition coefficient (Wildman–Crippen LogP) is 2.58. The summed E-state index contributed by atoms with van der Waals surface area (Å²) >= 11 is 0. The summed E-state index contributed by atoms with van der Waals surface area (Å²) in [5.41, 5.74) is -0.899. The van der Waals surface area contributed by atoms with Crippen LogP contribution < -0.4 is 5.32 Å². The van der Waals surface area contributed by atoms with Crippen molar-refractivity contribution in [2.45, 2.75) is 51.5 Å². The molecule has 0 aromatic rings. The molecule has 0 atom stereocenters. The summed E-state index contributed by atoms with van der Waals surface area (Å²) in [6, 6.07) is 0. The second-order valence-electron chi connectivity index (χ2n) is 4.01. The van der Waals surface area contributed by atoms with Crippen molar-refractivity contribution in [3.63, 3.8) is 0 Å². The first kappa shape index (κ1) is 14.2. The molecule has 0 aliphatic rings. The average molecular weight is 229 g/mol. The lowest BCUT2D eigenvalue weighted by molar-refractivity contribution is -0.171. The smallest absolute Gasteiger partial charge is 0.346 e. The Balaban J connectivity index is 4.49. The molecule has 0 saturated carbocycles. The van der Waals surface area contributed by atoms with Crippen LogP contribution in [0.2, 0.25) is 0 Å². The molecule has 1 N–H and O–H groups in total. The fourth-order valence-electron chi connectivity index (χ4n) is 1.18. The highest BCUT2D eigenvalue weighted by molar-refractivity contribution is 5.84. The van der Waals surface area contributed by atoms with Crippen molar-refractivity contribution in [3.8, 4) is 0 Å². The van der Waals surface area contributed by atoms with Crippen molar-refractivity contribution in [2.75, 3.05) is 0 Å². The maximum atomic E-state index is 12.5. The molecule has 6 heteroatoms. The molecule has 90 valence electrons. The number of amides is 1. The zero-order chi connectivity index (χ0) is 12.3.